The molecule has 0 amide bonds. The van der Waals surface area contributed by atoms with Crippen LogP contribution in [0.25, 0.3) is 0 Å². The summed E-state index contributed by atoms with van der Waals surface area (Å²) < 4.78 is 21.4. The van der Waals surface area contributed by atoms with Crippen molar-refractivity contribution in [3.8, 4) is 0 Å². The van der Waals surface area contributed by atoms with Crippen LogP contribution in [0.4, 0.5) is 0 Å². The summed E-state index contributed by atoms with van der Waals surface area (Å²) in [5.74, 6) is 0.228. The average Bonchev–Trinajstić information content (AvgIpc) is 2.43. The molecule has 102 valence electrons. The van der Waals surface area contributed by atoms with E-state index in [9.17, 15) is 4.57 Å². The molecule has 2 N–H and O–H groups in total. The van der Waals surface area contributed by atoms with Crippen LogP contribution in [0, 0.1) is 11.3 Å². The molecule has 0 aromatic heterocycles. The highest BCUT2D eigenvalue weighted by Crippen LogP contribution is 2.46. The first kappa shape index (κ1) is 15.9. The van der Waals surface area contributed by atoms with Gasteiger partial charge >= 0.3 is 7.82 Å². The molecule has 4 atom stereocenters. The summed E-state index contributed by atoms with van der Waals surface area (Å²) >= 11 is 2.20. The van der Waals surface area contributed by atoms with Gasteiger partial charge in [-0.2, -0.15) is 0 Å². The molecule has 0 saturated carbocycles. The average molecular weight is 378 g/mol. The molecule has 1 fully saturated rings. The van der Waals surface area contributed by atoms with Gasteiger partial charge in [0.05, 0.1) is 12.2 Å². The van der Waals surface area contributed by atoms with Gasteiger partial charge in [0.15, 0.2) is 0 Å². The van der Waals surface area contributed by atoms with E-state index < -0.39 is 13.9 Å². The van der Waals surface area contributed by atoms with Crippen LogP contribution in [0.15, 0.2) is 0 Å². The summed E-state index contributed by atoms with van der Waals surface area (Å²) in [5.41, 5.74) is 0.0249. The van der Waals surface area contributed by atoms with Crippen LogP contribution in [0.2, 0.25) is 0 Å². The maximum atomic E-state index is 10.9. The number of ether oxygens (including phenoxy) is 1. The van der Waals surface area contributed by atoms with Crippen LogP contribution in [0.5, 0.6) is 0 Å². The number of hydrogen-bond acceptors (Lipinski definition) is 3. The highest BCUT2D eigenvalue weighted by atomic mass is 127. The molecule has 0 spiro atoms. The Hall–Kier alpha value is 0.800. The number of rotatable bonds is 3. The second-order valence-electron chi connectivity index (χ2n) is 5.52. The second kappa shape index (κ2) is 5.43. The molecule has 0 radical (unpaired) electrons. The van der Waals surface area contributed by atoms with E-state index in [1.807, 2.05) is 0 Å². The fourth-order valence-corrected chi connectivity index (χ4v) is 3.66. The van der Waals surface area contributed by atoms with E-state index in [-0.39, 0.29) is 21.5 Å². The summed E-state index contributed by atoms with van der Waals surface area (Å²) in [6.45, 7) is 7.96. The van der Waals surface area contributed by atoms with Gasteiger partial charge in [-0.05, 0) is 24.7 Å². The van der Waals surface area contributed by atoms with Gasteiger partial charge in [0, 0.05) is 0 Å². The lowest BCUT2D eigenvalue weighted by Crippen LogP contribution is -2.37. The molecule has 5 nitrogen and oxygen atoms in total. The topological polar surface area (TPSA) is 76.0 Å². The van der Waals surface area contributed by atoms with Crippen molar-refractivity contribution in [1.82, 2.24) is 0 Å². The lowest BCUT2D eigenvalue weighted by atomic mass is 9.75. The minimum absolute atomic E-state index is 0.0249. The van der Waals surface area contributed by atoms with Crippen molar-refractivity contribution in [2.45, 2.75) is 50.4 Å². The van der Waals surface area contributed by atoms with Crippen molar-refractivity contribution in [2.24, 2.45) is 11.3 Å². The summed E-state index contributed by atoms with van der Waals surface area (Å²) in [6, 6.07) is 0. The van der Waals surface area contributed by atoms with E-state index in [2.05, 4.69) is 43.4 Å². The quantitative estimate of drug-likeness (QED) is 0.449. The Labute approximate surface area is 116 Å². The third-order valence-corrected chi connectivity index (χ3v) is 4.43. The molecule has 1 unspecified atom stereocenters. The van der Waals surface area contributed by atoms with Gasteiger partial charge in [-0.3, -0.25) is 4.52 Å². The minimum atomic E-state index is -4.46. The van der Waals surface area contributed by atoms with Gasteiger partial charge in [0.25, 0.3) is 0 Å². The fraction of sp³-hybridized carbons (Fsp3) is 1.00. The summed E-state index contributed by atoms with van der Waals surface area (Å²) in [6.07, 6.45) is -0.00630. The first-order valence-corrected chi connectivity index (χ1v) is 8.32. The largest absolute Gasteiger partial charge is 0.469 e. The zero-order chi connectivity index (χ0) is 13.4. The second-order valence-corrected chi connectivity index (χ2v) is 8.10. The van der Waals surface area contributed by atoms with E-state index in [1.165, 1.54) is 0 Å². The Morgan fingerprint density at radius 2 is 2.00 bits per heavy atom. The number of alkyl halides is 1. The molecule has 0 aromatic carbocycles. The first-order valence-electron chi connectivity index (χ1n) is 5.54. The minimum Gasteiger partial charge on any atom is -0.362 e. The molecule has 0 bridgehead atoms. The third kappa shape index (κ3) is 4.76. The zero-order valence-electron chi connectivity index (χ0n) is 10.5. The number of halogens is 1. The van der Waals surface area contributed by atoms with Crippen molar-refractivity contribution in [3.63, 3.8) is 0 Å². The molecule has 1 aliphatic rings. The van der Waals surface area contributed by atoms with E-state index in [4.69, 9.17) is 19.0 Å². The standard InChI is InChI=1S/C10H20IO5P/c1-6(16-17(12,13)14)9-7(10(2,3)4)5-8(11)15-9/h6-9H,5H2,1-4H3,(H2,12,13,14)/t6-,7?,8-,9-/m1/s1. The Morgan fingerprint density at radius 1 is 1.47 bits per heavy atom. The zero-order valence-corrected chi connectivity index (χ0v) is 13.5. The van der Waals surface area contributed by atoms with Crippen molar-refractivity contribution >= 4 is 30.4 Å². The molecule has 0 aliphatic carbocycles. The van der Waals surface area contributed by atoms with E-state index in [0.29, 0.717) is 0 Å². The monoisotopic (exact) mass is 378 g/mol. The smallest absolute Gasteiger partial charge is 0.362 e. The molecular weight excluding hydrogens is 358 g/mol. The molecule has 17 heavy (non-hydrogen) atoms. The van der Waals surface area contributed by atoms with Gasteiger partial charge in [-0.25, -0.2) is 4.57 Å². The summed E-state index contributed by atoms with van der Waals surface area (Å²) in [5, 5.41) is 0. The lowest BCUT2D eigenvalue weighted by Gasteiger charge is -2.33. The molecule has 1 saturated heterocycles. The predicted molar refractivity (Wildman–Crippen MR) is 72.8 cm³/mol. The Morgan fingerprint density at radius 3 is 2.41 bits per heavy atom. The van der Waals surface area contributed by atoms with Crippen molar-refractivity contribution in [2.75, 3.05) is 0 Å². The maximum Gasteiger partial charge on any atom is 0.469 e. The van der Waals surface area contributed by atoms with E-state index in [0.717, 1.165) is 6.42 Å². The van der Waals surface area contributed by atoms with E-state index in [1.54, 1.807) is 6.92 Å². The molecule has 1 rings (SSSR count). The van der Waals surface area contributed by atoms with Crippen LogP contribution >= 0.6 is 30.4 Å². The van der Waals surface area contributed by atoms with Crippen molar-refractivity contribution < 1.29 is 23.6 Å². The Bertz CT molecular complexity index is 310. The molecule has 0 aromatic rings. The maximum absolute atomic E-state index is 10.9. The third-order valence-electron chi connectivity index (χ3n) is 3.02. The van der Waals surface area contributed by atoms with E-state index >= 15 is 0 Å². The van der Waals surface area contributed by atoms with Crippen molar-refractivity contribution in [3.05, 3.63) is 0 Å². The molecule has 1 aliphatic heterocycles. The van der Waals surface area contributed by atoms with Gasteiger partial charge in [-0.15, -0.1) is 0 Å². The van der Waals surface area contributed by atoms with Crippen molar-refractivity contribution in [1.29, 1.82) is 0 Å². The van der Waals surface area contributed by atoms with Gasteiger partial charge in [-0.1, -0.05) is 43.4 Å². The molecular formula is C10H20IO5P. The molecule has 1 heterocycles. The van der Waals surface area contributed by atoms with Crippen LogP contribution in [-0.2, 0) is 13.8 Å². The normalized spacial score (nSPS) is 32.8. The van der Waals surface area contributed by atoms with Gasteiger partial charge in [0.1, 0.15) is 4.11 Å². The van der Waals surface area contributed by atoms with Gasteiger partial charge in [0.2, 0.25) is 0 Å². The Kier molecular flexibility index (Phi) is 5.06. The number of phosphoric acid groups is 1. The predicted octanol–water partition coefficient (Wildman–Crippen LogP) is 2.70. The summed E-state index contributed by atoms with van der Waals surface area (Å²) in [4.78, 5) is 17.7. The van der Waals surface area contributed by atoms with Crippen LogP contribution in [0.3, 0.4) is 0 Å². The van der Waals surface area contributed by atoms with Gasteiger partial charge < -0.3 is 14.5 Å². The Balaban J connectivity index is 2.77. The fourth-order valence-electron chi connectivity index (χ4n) is 2.22. The molecule has 7 heteroatoms. The van der Waals surface area contributed by atoms with Crippen LogP contribution < -0.4 is 0 Å². The number of hydrogen-bond donors (Lipinski definition) is 2. The lowest BCUT2D eigenvalue weighted by molar-refractivity contribution is -0.0321. The summed E-state index contributed by atoms with van der Waals surface area (Å²) in [7, 11) is -4.46. The first-order chi connectivity index (χ1) is 7.50. The van der Waals surface area contributed by atoms with Crippen LogP contribution in [0.1, 0.15) is 34.1 Å². The highest BCUT2D eigenvalue weighted by Gasteiger charge is 2.45. The SMILES string of the molecule is C[C@@H](OP(=O)(O)O)[C@H]1O[C@@H](I)CC1C(C)(C)C. The number of phosphoric ester groups is 1. The highest BCUT2D eigenvalue weighted by molar-refractivity contribution is 14.1. The van der Waals surface area contributed by atoms with Crippen LogP contribution in [-0.4, -0.2) is 26.1 Å².